The number of amidine groups is 1. The van der Waals surface area contributed by atoms with Crippen molar-refractivity contribution in [1.82, 2.24) is 9.80 Å². The van der Waals surface area contributed by atoms with Crippen LogP contribution in [0.25, 0.3) is 0 Å². The summed E-state index contributed by atoms with van der Waals surface area (Å²) in [7, 11) is 4.70. The zero-order valence-electron chi connectivity index (χ0n) is 9.97. The summed E-state index contributed by atoms with van der Waals surface area (Å²) in [6.07, 6.45) is 0. The van der Waals surface area contributed by atoms with Gasteiger partial charge in [0, 0.05) is 21.1 Å². The molecule has 0 rings (SSSR count). The third-order valence-corrected chi connectivity index (χ3v) is 2.18. The Morgan fingerprint density at radius 3 is 2.25 bits per heavy atom. The first-order valence-corrected chi connectivity index (χ1v) is 4.73. The summed E-state index contributed by atoms with van der Waals surface area (Å²) >= 11 is 0. The van der Waals surface area contributed by atoms with Crippen molar-refractivity contribution in [2.24, 2.45) is 16.8 Å². The average molecular weight is 230 g/mol. The highest BCUT2D eigenvalue weighted by atomic mass is 16.4. The van der Waals surface area contributed by atoms with E-state index in [4.69, 9.17) is 10.9 Å². The minimum absolute atomic E-state index is 0.0329. The minimum Gasteiger partial charge on any atom is -0.409 e. The lowest BCUT2D eigenvalue weighted by atomic mass is 10.1. The van der Waals surface area contributed by atoms with E-state index in [-0.39, 0.29) is 24.2 Å². The van der Waals surface area contributed by atoms with E-state index >= 15 is 0 Å². The van der Waals surface area contributed by atoms with E-state index in [2.05, 4.69) is 5.16 Å². The highest BCUT2D eigenvalue weighted by Gasteiger charge is 2.23. The topological polar surface area (TPSA) is 99.2 Å². The molecule has 92 valence electrons. The van der Waals surface area contributed by atoms with E-state index in [1.807, 2.05) is 0 Å². The van der Waals surface area contributed by atoms with Crippen molar-refractivity contribution in [2.75, 3.05) is 27.7 Å². The van der Waals surface area contributed by atoms with Gasteiger partial charge < -0.3 is 20.7 Å². The molecule has 0 saturated carbocycles. The maximum absolute atomic E-state index is 11.7. The number of nitrogens with zero attached hydrogens (tertiary/aromatic N) is 3. The number of rotatable bonds is 4. The third-order valence-electron chi connectivity index (χ3n) is 2.18. The Hall–Kier alpha value is -1.79. The van der Waals surface area contributed by atoms with Crippen LogP contribution in [0.5, 0.6) is 0 Å². The fraction of sp³-hybridized carbons (Fsp3) is 0.667. The smallest absolute Gasteiger partial charge is 0.241 e. The molecule has 1 atom stereocenters. The van der Waals surface area contributed by atoms with Gasteiger partial charge in [-0.05, 0) is 6.92 Å². The van der Waals surface area contributed by atoms with E-state index in [9.17, 15) is 9.59 Å². The van der Waals surface area contributed by atoms with Crippen molar-refractivity contribution in [1.29, 1.82) is 0 Å². The van der Waals surface area contributed by atoms with Crippen LogP contribution in [0.1, 0.15) is 6.92 Å². The summed E-state index contributed by atoms with van der Waals surface area (Å²) < 4.78 is 0. The van der Waals surface area contributed by atoms with E-state index in [1.165, 1.54) is 23.8 Å². The number of nitrogens with two attached hydrogens (primary N) is 1. The molecule has 0 bridgehead atoms. The van der Waals surface area contributed by atoms with E-state index in [1.54, 1.807) is 14.1 Å². The number of carbonyl (C=O) groups excluding carboxylic acids is 2. The average Bonchev–Trinajstić information content (AvgIpc) is 2.25. The molecule has 7 heteroatoms. The minimum atomic E-state index is -0.745. The number of carbonyl (C=O) groups is 2. The number of likely N-dealkylation sites (N-methyl/N-ethyl adjacent to an activating group) is 2. The maximum atomic E-state index is 11.7. The van der Waals surface area contributed by atoms with Crippen molar-refractivity contribution < 1.29 is 14.8 Å². The summed E-state index contributed by atoms with van der Waals surface area (Å²) in [4.78, 5) is 25.7. The van der Waals surface area contributed by atoms with Crippen LogP contribution < -0.4 is 5.73 Å². The Balaban J connectivity index is 4.46. The molecule has 0 spiro atoms. The molecule has 0 aliphatic heterocycles. The SMILES string of the molecule is CC(C(=O)N(C)CC(=O)N(C)C)C(N)=NO. The molecule has 0 aromatic carbocycles. The van der Waals surface area contributed by atoms with Crippen molar-refractivity contribution in [3.8, 4) is 0 Å². The van der Waals surface area contributed by atoms with Crippen LogP contribution in [0, 0.1) is 5.92 Å². The molecule has 0 heterocycles. The van der Waals surface area contributed by atoms with Crippen LogP contribution in [0.3, 0.4) is 0 Å². The fourth-order valence-electron chi connectivity index (χ4n) is 0.966. The van der Waals surface area contributed by atoms with Gasteiger partial charge in [0.05, 0.1) is 12.5 Å². The van der Waals surface area contributed by atoms with E-state index < -0.39 is 5.92 Å². The second-order valence-electron chi connectivity index (χ2n) is 3.73. The lowest BCUT2D eigenvalue weighted by Crippen LogP contribution is -2.43. The highest BCUT2D eigenvalue weighted by Crippen LogP contribution is 2.01. The normalized spacial score (nSPS) is 13.1. The van der Waals surface area contributed by atoms with Crippen molar-refractivity contribution >= 4 is 17.6 Å². The molecule has 3 N–H and O–H groups in total. The third kappa shape index (κ3) is 3.76. The van der Waals surface area contributed by atoms with Gasteiger partial charge >= 0.3 is 0 Å². The first-order valence-electron chi connectivity index (χ1n) is 4.73. The molecule has 1 unspecified atom stereocenters. The van der Waals surface area contributed by atoms with E-state index in [0.717, 1.165) is 0 Å². The fourth-order valence-corrected chi connectivity index (χ4v) is 0.966. The Kier molecular flexibility index (Phi) is 5.27. The quantitative estimate of drug-likeness (QED) is 0.277. The number of amides is 2. The second kappa shape index (κ2) is 5.94. The molecule has 7 nitrogen and oxygen atoms in total. The predicted molar refractivity (Wildman–Crippen MR) is 58.9 cm³/mol. The lowest BCUT2D eigenvalue weighted by Gasteiger charge is -2.21. The van der Waals surface area contributed by atoms with Crippen LogP contribution in [0.15, 0.2) is 5.16 Å². The van der Waals surface area contributed by atoms with Gasteiger partial charge in [0.1, 0.15) is 0 Å². The summed E-state index contributed by atoms with van der Waals surface area (Å²) in [6, 6.07) is 0. The molecule has 0 aliphatic carbocycles. The molecule has 2 amide bonds. The molecule has 0 aromatic rings. The van der Waals surface area contributed by atoms with Crippen molar-refractivity contribution in [2.45, 2.75) is 6.92 Å². The number of hydrogen-bond acceptors (Lipinski definition) is 4. The molecule has 0 saturated heterocycles. The number of oxime groups is 1. The van der Waals surface area contributed by atoms with Crippen LogP contribution in [-0.4, -0.2) is 60.3 Å². The lowest BCUT2D eigenvalue weighted by molar-refractivity contribution is -0.139. The molecule has 0 radical (unpaired) electrons. The van der Waals surface area contributed by atoms with Gasteiger partial charge in [-0.2, -0.15) is 0 Å². The van der Waals surface area contributed by atoms with Crippen LogP contribution in [-0.2, 0) is 9.59 Å². The van der Waals surface area contributed by atoms with E-state index in [0.29, 0.717) is 0 Å². The van der Waals surface area contributed by atoms with Crippen LogP contribution >= 0.6 is 0 Å². The standard InChI is InChI=1S/C9H18N4O3/c1-6(8(10)11-16)9(15)13(4)5-7(14)12(2)3/h6,16H,5H2,1-4H3,(H2,10,11). The molecule has 0 aromatic heterocycles. The zero-order valence-corrected chi connectivity index (χ0v) is 9.97. The molecule has 0 aliphatic rings. The van der Waals surface area contributed by atoms with Gasteiger partial charge in [0.2, 0.25) is 11.8 Å². The molecule has 0 fully saturated rings. The monoisotopic (exact) mass is 230 g/mol. The zero-order chi connectivity index (χ0) is 12.9. The van der Waals surface area contributed by atoms with Crippen LogP contribution in [0.2, 0.25) is 0 Å². The van der Waals surface area contributed by atoms with Crippen molar-refractivity contribution in [3.63, 3.8) is 0 Å². The van der Waals surface area contributed by atoms with Crippen molar-refractivity contribution in [3.05, 3.63) is 0 Å². The number of hydrogen-bond donors (Lipinski definition) is 2. The summed E-state index contributed by atoms with van der Waals surface area (Å²) in [5.74, 6) is -1.48. The van der Waals surface area contributed by atoms with Gasteiger partial charge in [0.25, 0.3) is 0 Å². The Labute approximate surface area is 94.5 Å². The Bertz CT molecular complexity index is 301. The largest absolute Gasteiger partial charge is 0.409 e. The molecule has 16 heavy (non-hydrogen) atoms. The Morgan fingerprint density at radius 2 is 1.88 bits per heavy atom. The van der Waals surface area contributed by atoms with Crippen LogP contribution in [0.4, 0.5) is 0 Å². The second-order valence-corrected chi connectivity index (χ2v) is 3.73. The Morgan fingerprint density at radius 1 is 1.38 bits per heavy atom. The summed E-state index contributed by atoms with van der Waals surface area (Å²) in [6.45, 7) is 1.48. The van der Waals surface area contributed by atoms with Gasteiger partial charge in [-0.3, -0.25) is 9.59 Å². The van der Waals surface area contributed by atoms with Gasteiger partial charge in [-0.15, -0.1) is 0 Å². The first kappa shape index (κ1) is 14.2. The predicted octanol–water partition coefficient (Wildman–Crippen LogP) is -1.08. The van der Waals surface area contributed by atoms with Gasteiger partial charge in [-0.25, -0.2) is 0 Å². The molecular formula is C9H18N4O3. The van der Waals surface area contributed by atoms with Gasteiger partial charge in [0.15, 0.2) is 5.84 Å². The summed E-state index contributed by atoms with van der Waals surface area (Å²) in [5.41, 5.74) is 5.30. The maximum Gasteiger partial charge on any atom is 0.241 e. The van der Waals surface area contributed by atoms with Gasteiger partial charge in [-0.1, -0.05) is 5.16 Å². The first-order chi connectivity index (χ1) is 7.31. The summed E-state index contributed by atoms with van der Waals surface area (Å²) in [5, 5.41) is 11.2. The highest BCUT2D eigenvalue weighted by molar-refractivity contribution is 6.02. The molecular weight excluding hydrogens is 212 g/mol.